The largest absolute Gasteiger partial charge is 0.378 e. The van der Waals surface area contributed by atoms with Gasteiger partial charge in [0.2, 0.25) is 0 Å². The number of pyridine rings is 1. The number of guanidine groups is 1. The number of nitrogens with one attached hydrogen (secondary N) is 2. The van der Waals surface area contributed by atoms with E-state index in [1.54, 1.807) is 0 Å². The highest BCUT2D eigenvalue weighted by Crippen LogP contribution is 2.19. The molecule has 1 saturated heterocycles. The van der Waals surface area contributed by atoms with Gasteiger partial charge < -0.3 is 20.3 Å². The Morgan fingerprint density at radius 2 is 2.08 bits per heavy atom. The maximum Gasteiger partial charge on any atom is 0.191 e. The van der Waals surface area contributed by atoms with E-state index in [-0.39, 0.29) is 24.0 Å². The maximum absolute atomic E-state index is 5.44. The normalized spacial score (nSPS) is 19.0. The van der Waals surface area contributed by atoms with Crippen LogP contribution in [0.1, 0.15) is 31.2 Å². The minimum Gasteiger partial charge on any atom is -0.378 e. The van der Waals surface area contributed by atoms with Crippen LogP contribution in [0.5, 0.6) is 0 Å². The standard InChI is InChI=1S/C17H27N5O.HI/c1-18-17(21-15-6-2-3-7-15)20-13-14-5-4-8-19-16(14)22-9-11-23-12-10-22;/h4-5,8,15H,2-3,6-7,9-13H2,1H3,(H2,18,20,21);1H. The lowest BCUT2D eigenvalue weighted by molar-refractivity contribution is 0.122. The summed E-state index contributed by atoms with van der Waals surface area (Å²) in [6.45, 7) is 4.08. The minimum atomic E-state index is 0. The second kappa shape index (κ2) is 10.0. The van der Waals surface area contributed by atoms with Crippen LogP contribution in [0.2, 0.25) is 0 Å². The molecule has 1 aromatic rings. The number of nitrogens with zero attached hydrogens (tertiary/aromatic N) is 3. The molecular formula is C17H28IN5O. The maximum atomic E-state index is 5.44. The lowest BCUT2D eigenvalue weighted by atomic mass is 10.2. The van der Waals surface area contributed by atoms with E-state index in [1.807, 2.05) is 19.3 Å². The van der Waals surface area contributed by atoms with Crippen molar-refractivity contribution in [3.63, 3.8) is 0 Å². The smallest absolute Gasteiger partial charge is 0.191 e. The topological polar surface area (TPSA) is 61.8 Å². The molecule has 0 amide bonds. The Balaban J connectivity index is 0.00000208. The zero-order chi connectivity index (χ0) is 15.9. The molecule has 134 valence electrons. The van der Waals surface area contributed by atoms with Gasteiger partial charge >= 0.3 is 0 Å². The quantitative estimate of drug-likeness (QED) is 0.423. The fraction of sp³-hybridized carbons (Fsp3) is 0.647. The van der Waals surface area contributed by atoms with Crippen LogP contribution in [-0.4, -0.2) is 50.3 Å². The molecule has 2 fully saturated rings. The van der Waals surface area contributed by atoms with Crippen molar-refractivity contribution in [1.82, 2.24) is 15.6 Å². The number of hydrogen-bond donors (Lipinski definition) is 2. The van der Waals surface area contributed by atoms with Gasteiger partial charge in [-0.1, -0.05) is 18.9 Å². The summed E-state index contributed by atoms with van der Waals surface area (Å²) in [7, 11) is 1.83. The summed E-state index contributed by atoms with van der Waals surface area (Å²) in [5.74, 6) is 1.94. The Morgan fingerprint density at radius 3 is 2.79 bits per heavy atom. The van der Waals surface area contributed by atoms with Crippen molar-refractivity contribution in [2.75, 3.05) is 38.3 Å². The van der Waals surface area contributed by atoms with Gasteiger partial charge in [0, 0.05) is 44.5 Å². The number of ether oxygens (including phenoxy) is 1. The second-order valence-electron chi connectivity index (χ2n) is 6.14. The fourth-order valence-electron chi connectivity index (χ4n) is 3.27. The highest BCUT2D eigenvalue weighted by Gasteiger charge is 2.18. The summed E-state index contributed by atoms with van der Waals surface area (Å²) in [4.78, 5) is 11.2. The molecule has 0 atom stereocenters. The Hall–Kier alpha value is -1.09. The van der Waals surface area contributed by atoms with Crippen LogP contribution < -0.4 is 15.5 Å². The van der Waals surface area contributed by atoms with Crippen molar-refractivity contribution >= 4 is 35.8 Å². The van der Waals surface area contributed by atoms with E-state index in [2.05, 4.69) is 31.6 Å². The van der Waals surface area contributed by atoms with E-state index in [9.17, 15) is 0 Å². The zero-order valence-electron chi connectivity index (χ0n) is 14.3. The molecule has 6 nitrogen and oxygen atoms in total. The molecule has 2 aliphatic rings. The van der Waals surface area contributed by atoms with Gasteiger partial charge in [0.15, 0.2) is 5.96 Å². The van der Waals surface area contributed by atoms with Gasteiger partial charge in [-0.3, -0.25) is 4.99 Å². The second-order valence-corrected chi connectivity index (χ2v) is 6.14. The van der Waals surface area contributed by atoms with Crippen molar-refractivity contribution in [2.24, 2.45) is 4.99 Å². The average Bonchev–Trinajstić information content (AvgIpc) is 3.12. The third-order valence-corrected chi connectivity index (χ3v) is 4.54. The van der Waals surface area contributed by atoms with Gasteiger partial charge in [-0.15, -0.1) is 24.0 Å². The molecule has 2 heterocycles. The first kappa shape index (κ1) is 19.2. The number of hydrogen-bond acceptors (Lipinski definition) is 4. The van der Waals surface area contributed by atoms with Gasteiger partial charge in [0.25, 0.3) is 0 Å². The van der Waals surface area contributed by atoms with Crippen LogP contribution in [0.25, 0.3) is 0 Å². The first-order chi connectivity index (χ1) is 11.4. The molecule has 1 aliphatic heterocycles. The van der Waals surface area contributed by atoms with Crippen LogP contribution in [-0.2, 0) is 11.3 Å². The van der Waals surface area contributed by atoms with Crippen LogP contribution in [0.15, 0.2) is 23.3 Å². The highest BCUT2D eigenvalue weighted by molar-refractivity contribution is 14.0. The summed E-state index contributed by atoms with van der Waals surface area (Å²) in [5.41, 5.74) is 1.20. The first-order valence-corrected chi connectivity index (χ1v) is 8.60. The number of rotatable bonds is 4. The third-order valence-electron chi connectivity index (χ3n) is 4.54. The Kier molecular flexibility index (Phi) is 8.04. The van der Waals surface area contributed by atoms with E-state index in [4.69, 9.17) is 4.74 Å². The minimum absolute atomic E-state index is 0. The van der Waals surface area contributed by atoms with Crippen molar-refractivity contribution in [3.8, 4) is 0 Å². The Labute approximate surface area is 161 Å². The molecule has 0 bridgehead atoms. The monoisotopic (exact) mass is 445 g/mol. The highest BCUT2D eigenvalue weighted by atomic mass is 127. The summed E-state index contributed by atoms with van der Waals surface area (Å²) < 4.78 is 5.44. The van der Waals surface area contributed by atoms with E-state index in [0.717, 1.165) is 44.6 Å². The number of aliphatic imine (C=N–C) groups is 1. The summed E-state index contributed by atoms with van der Waals surface area (Å²) in [6.07, 6.45) is 6.98. The molecule has 2 N–H and O–H groups in total. The molecule has 1 aromatic heterocycles. The first-order valence-electron chi connectivity index (χ1n) is 8.60. The van der Waals surface area contributed by atoms with Crippen molar-refractivity contribution in [3.05, 3.63) is 23.9 Å². The number of aromatic nitrogens is 1. The van der Waals surface area contributed by atoms with Crippen LogP contribution >= 0.6 is 24.0 Å². The molecule has 1 saturated carbocycles. The summed E-state index contributed by atoms with van der Waals surface area (Å²) >= 11 is 0. The molecular weight excluding hydrogens is 417 g/mol. The van der Waals surface area contributed by atoms with Crippen LogP contribution in [0.3, 0.4) is 0 Å². The van der Waals surface area contributed by atoms with Gasteiger partial charge in [-0.2, -0.15) is 0 Å². The number of morpholine rings is 1. The van der Waals surface area contributed by atoms with Crippen LogP contribution in [0.4, 0.5) is 5.82 Å². The summed E-state index contributed by atoms with van der Waals surface area (Å²) in [6, 6.07) is 4.69. The predicted molar refractivity (Wildman–Crippen MR) is 108 cm³/mol. The van der Waals surface area contributed by atoms with Gasteiger partial charge in [0.05, 0.1) is 13.2 Å². The SMILES string of the molecule is CN=C(NCc1cccnc1N1CCOCC1)NC1CCCC1.I. The Bertz CT molecular complexity index is 527. The van der Waals surface area contributed by atoms with E-state index < -0.39 is 0 Å². The number of anilines is 1. The van der Waals surface area contributed by atoms with Crippen molar-refractivity contribution in [2.45, 2.75) is 38.3 Å². The van der Waals surface area contributed by atoms with E-state index >= 15 is 0 Å². The Morgan fingerprint density at radius 1 is 1.33 bits per heavy atom. The van der Waals surface area contributed by atoms with Crippen molar-refractivity contribution in [1.29, 1.82) is 0 Å². The molecule has 24 heavy (non-hydrogen) atoms. The molecule has 7 heteroatoms. The average molecular weight is 445 g/mol. The van der Waals surface area contributed by atoms with E-state index in [1.165, 1.54) is 31.2 Å². The van der Waals surface area contributed by atoms with Gasteiger partial charge in [-0.05, 0) is 18.9 Å². The molecule has 0 spiro atoms. The lowest BCUT2D eigenvalue weighted by Gasteiger charge is -2.29. The molecule has 1 aliphatic carbocycles. The zero-order valence-corrected chi connectivity index (χ0v) is 16.7. The van der Waals surface area contributed by atoms with E-state index in [0.29, 0.717) is 6.04 Å². The van der Waals surface area contributed by atoms with Crippen LogP contribution in [0, 0.1) is 0 Å². The molecule has 0 radical (unpaired) electrons. The molecule has 0 aromatic carbocycles. The summed E-state index contributed by atoms with van der Waals surface area (Å²) in [5, 5.41) is 6.95. The lowest BCUT2D eigenvalue weighted by Crippen LogP contribution is -2.42. The van der Waals surface area contributed by atoms with Gasteiger partial charge in [-0.25, -0.2) is 4.98 Å². The van der Waals surface area contributed by atoms with Crippen molar-refractivity contribution < 1.29 is 4.74 Å². The fourth-order valence-corrected chi connectivity index (χ4v) is 3.27. The molecule has 3 rings (SSSR count). The predicted octanol–water partition coefficient (Wildman–Crippen LogP) is 2.14. The molecule has 0 unspecified atom stereocenters. The van der Waals surface area contributed by atoms with Gasteiger partial charge in [0.1, 0.15) is 5.82 Å². The third kappa shape index (κ3) is 5.20. The number of halogens is 1.